The van der Waals surface area contributed by atoms with Crippen LogP contribution in [0.15, 0.2) is 18.2 Å². The average Bonchev–Trinajstić information content (AvgIpc) is 2.66. The van der Waals surface area contributed by atoms with Crippen molar-refractivity contribution in [2.75, 3.05) is 20.6 Å². The highest BCUT2D eigenvalue weighted by Gasteiger charge is 2.23. The van der Waals surface area contributed by atoms with E-state index in [1.54, 1.807) is 12.1 Å². The summed E-state index contributed by atoms with van der Waals surface area (Å²) < 4.78 is 13.7. The van der Waals surface area contributed by atoms with Gasteiger partial charge in [-0.15, -0.1) is 12.4 Å². The van der Waals surface area contributed by atoms with Gasteiger partial charge in [-0.25, -0.2) is 4.39 Å². The number of hydrogen-bond acceptors (Lipinski definition) is 1. The summed E-state index contributed by atoms with van der Waals surface area (Å²) in [5, 5.41) is 1.11. The third-order valence-electron chi connectivity index (χ3n) is 4.68. The van der Waals surface area contributed by atoms with Gasteiger partial charge in [0.2, 0.25) is 0 Å². The molecule has 2 nitrogen and oxygen atoms in total. The Labute approximate surface area is 138 Å². The first kappa shape index (κ1) is 17.3. The first-order valence-corrected chi connectivity index (χ1v) is 8.10. The van der Waals surface area contributed by atoms with Crippen molar-refractivity contribution >= 4 is 23.3 Å². The number of aromatic amines is 1. The van der Waals surface area contributed by atoms with Crippen LogP contribution in [0.4, 0.5) is 4.39 Å². The number of rotatable bonds is 4. The molecule has 0 spiro atoms. The monoisotopic (exact) mass is 324 g/mol. The predicted molar refractivity (Wildman–Crippen MR) is 93.6 cm³/mol. The Hall–Kier alpha value is -1.06. The van der Waals surface area contributed by atoms with E-state index in [2.05, 4.69) is 24.0 Å². The Balaban J connectivity index is 0.00000176. The van der Waals surface area contributed by atoms with Crippen LogP contribution in [0.25, 0.3) is 10.9 Å². The van der Waals surface area contributed by atoms with Gasteiger partial charge in [0.15, 0.2) is 0 Å². The van der Waals surface area contributed by atoms with E-state index in [0.717, 1.165) is 23.9 Å². The Morgan fingerprint density at radius 2 is 2.09 bits per heavy atom. The quantitative estimate of drug-likeness (QED) is 0.794. The first-order valence-electron chi connectivity index (χ1n) is 8.10. The fourth-order valence-corrected chi connectivity index (χ4v) is 3.68. The Kier molecular flexibility index (Phi) is 5.87. The van der Waals surface area contributed by atoms with Gasteiger partial charge in [0.05, 0.1) is 0 Å². The van der Waals surface area contributed by atoms with Gasteiger partial charge in [-0.3, -0.25) is 0 Å². The van der Waals surface area contributed by atoms with Crippen molar-refractivity contribution in [3.8, 4) is 0 Å². The largest absolute Gasteiger partial charge is 0.358 e. The van der Waals surface area contributed by atoms with Crippen LogP contribution in [0.5, 0.6) is 0 Å². The van der Waals surface area contributed by atoms with Gasteiger partial charge in [0.25, 0.3) is 0 Å². The number of aryl methyl sites for hydroxylation is 1. The minimum Gasteiger partial charge on any atom is -0.358 e. The lowest BCUT2D eigenvalue weighted by Gasteiger charge is -2.17. The molecular formula is C18H26ClFN2. The molecule has 0 saturated heterocycles. The van der Waals surface area contributed by atoms with Gasteiger partial charge >= 0.3 is 0 Å². The second-order valence-corrected chi connectivity index (χ2v) is 6.60. The number of nitrogens with one attached hydrogen (secondary N) is 1. The maximum absolute atomic E-state index is 13.7. The van der Waals surface area contributed by atoms with Gasteiger partial charge in [-0.05, 0) is 82.4 Å². The third-order valence-corrected chi connectivity index (χ3v) is 4.68. The molecule has 1 aromatic heterocycles. The molecule has 0 amide bonds. The molecule has 1 unspecified atom stereocenters. The van der Waals surface area contributed by atoms with Gasteiger partial charge in [-0.1, -0.05) is 6.42 Å². The number of aromatic nitrogens is 1. The molecule has 4 heteroatoms. The normalized spacial score (nSPS) is 18.1. The standard InChI is InChI=1S/C18H25FN2.ClH/c1-21(2)11-5-7-13-6-3-4-8-17-18(13)15-12-14(19)9-10-16(15)20-17;/h9-10,12-13,20H,3-8,11H2,1-2H3;1H. The van der Waals surface area contributed by atoms with Crippen molar-refractivity contribution in [3.05, 3.63) is 35.3 Å². The lowest BCUT2D eigenvalue weighted by atomic mass is 9.89. The Bertz CT molecular complexity index is 621. The number of benzene rings is 1. The molecule has 0 saturated carbocycles. The van der Waals surface area contributed by atoms with Gasteiger partial charge in [0.1, 0.15) is 5.82 Å². The average molecular weight is 325 g/mol. The van der Waals surface area contributed by atoms with E-state index in [0.29, 0.717) is 5.92 Å². The number of hydrogen-bond donors (Lipinski definition) is 1. The molecule has 2 aromatic rings. The summed E-state index contributed by atoms with van der Waals surface area (Å²) in [5.74, 6) is 0.457. The van der Waals surface area contributed by atoms with Crippen LogP contribution in [0, 0.1) is 5.82 Å². The van der Waals surface area contributed by atoms with Gasteiger partial charge in [0, 0.05) is 16.6 Å². The SMILES string of the molecule is CN(C)CCCC1CCCCc2[nH]c3ccc(F)cc3c21.Cl. The topological polar surface area (TPSA) is 19.0 Å². The van der Waals surface area contributed by atoms with Crippen molar-refractivity contribution in [2.24, 2.45) is 0 Å². The molecule has 1 aliphatic rings. The fourth-order valence-electron chi connectivity index (χ4n) is 3.68. The molecule has 0 aliphatic heterocycles. The summed E-state index contributed by atoms with van der Waals surface area (Å²) in [6.45, 7) is 1.13. The van der Waals surface area contributed by atoms with Gasteiger partial charge < -0.3 is 9.88 Å². The van der Waals surface area contributed by atoms with E-state index in [9.17, 15) is 4.39 Å². The van der Waals surface area contributed by atoms with Crippen molar-refractivity contribution in [1.82, 2.24) is 9.88 Å². The van der Waals surface area contributed by atoms with E-state index in [1.165, 1.54) is 43.4 Å². The summed E-state index contributed by atoms with van der Waals surface area (Å²) in [7, 11) is 4.25. The molecule has 0 bridgehead atoms. The highest BCUT2D eigenvalue weighted by atomic mass is 35.5. The number of nitrogens with zero attached hydrogens (tertiary/aromatic N) is 1. The molecule has 1 aliphatic carbocycles. The van der Waals surface area contributed by atoms with Crippen molar-refractivity contribution in [2.45, 2.75) is 44.4 Å². The van der Waals surface area contributed by atoms with E-state index >= 15 is 0 Å². The molecule has 22 heavy (non-hydrogen) atoms. The lowest BCUT2D eigenvalue weighted by molar-refractivity contribution is 0.381. The van der Waals surface area contributed by atoms with E-state index in [4.69, 9.17) is 0 Å². The first-order chi connectivity index (χ1) is 10.1. The molecule has 0 fully saturated rings. The Morgan fingerprint density at radius 3 is 2.86 bits per heavy atom. The predicted octanol–water partition coefficient (Wildman–Crippen LogP) is 4.88. The number of halogens is 2. The van der Waals surface area contributed by atoms with Crippen LogP contribution in [-0.2, 0) is 6.42 Å². The number of H-pyrrole nitrogens is 1. The molecule has 1 heterocycles. The smallest absolute Gasteiger partial charge is 0.123 e. The van der Waals surface area contributed by atoms with E-state index in [-0.39, 0.29) is 18.2 Å². The lowest BCUT2D eigenvalue weighted by Crippen LogP contribution is -2.14. The summed E-state index contributed by atoms with van der Waals surface area (Å²) >= 11 is 0. The van der Waals surface area contributed by atoms with Crippen LogP contribution < -0.4 is 0 Å². The molecule has 1 aromatic carbocycles. The molecule has 1 N–H and O–H groups in total. The molecular weight excluding hydrogens is 299 g/mol. The zero-order chi connectivity index (χ0) is 14.8. The minimum absolute atomic E-state index is 0. The van der Waals surface area contributed by atoms with Crippen LogP contribution in [0.1, 0.15) is 49.3 Å². The highest BCUT2D eigenvalue weighted by Crippen LogP contribution is 2.38. The Morgan fingerprint density at radius 1 is 1.27 bits per heavy atom. The molecule has 3 rings (SSSR count). The molecule has 122 valence electrons. The molecule has 0 radical (unpaired) electrons. The summed E-state index contributed by atoms with van der Waals surface area (Å²) in [4.78, 5) is 5.78. The van der Waals surface area contributed by atoms with Crippen LogP contribution in [0.3, 0.4) is 0 Å². The summed E-state index contributed by atoms with van der Waals surface area (Å²) in [6.07, 6.45) is 7.28. The maximum Gasteiger partial charge on any atom is 0.123 e. The maximum atomic E-state index is 13.7. The van der Waals surface area contributed by atoms with E-state index < -0.39 is 0 Å². The van der Waals surface area contributed by atoms with Crippen molar-refractivity contribution in [3.63, 3.8) is 0 Å². The van der Waals surface area contributed by atoms with E-state index in [1.807, 2.05) is 6.07 Å². The highest BCUT2D eigenvalue weighted by molar-refractivity contribution is 5.86. The van der Waals surface area contributed by atoms with Crippen molar-refractivity contribution < 1.29 is 4.39 Å². The second-order valence-electron chi connectivity index (χ2n) is 6.60. The second kappa shape index (κ2) is 7.47. The summed E-state index contributed by atoms with van der Waals surface area (Å²) in [6, 6.07) is 5.16. The third kappa shape index (κ3) is 3.64. The van der Waals surface area contributed by atoms with Gasteiger partial charge in [-0.2, -0.15) is 0 Å². The van der Waals surface area contributed by atoms with Crippen LogP contribution in [-0.4, -0.2) is 30.5 Å². The minimum atomic E-state index is -0.124. The molecule has 1 atom stereocenters. The van der Waals surface area contributed by atoms with Crippen molar-refractivity contribution in [1.29, 1.82) is 0 Å². The zero-order valence-electron chi connectivity index (χ0n) is 13.5. The summed E-state index contributed by atoms with van der Waals surface area (Å²) in [5.41, 5.74) is 3.85. The van der Waals surface area contributed by atoms with Crippen LogP contribution >= 0.6 is 12.4 Å². The fraction of sp³-hybridized carbons (Fsp3) is 0.556. The number of fused-ring (bicyclic) bond motifs is 3. The zero-order valence-corrected chi connectivity index (χ0v) is 14.3. The van der Waals surface area contributed by atoms with Crippen LogP contribution in [0.2, 0.25) is 0 Å².